The van der Waals surface area contributed by atoms with Gasteiger partial charge in [-0.2, -0.15) is 0 Å². The molecule has 0 amide bonds. The van der Waals surface area contributed by atoms with Crippen LogP contribution in [0.2, 0.25) is 0 Å². The van der Waals surface area contributed by atoms with Crippen molar-refractivity contribution in [3.8, 4) is 0 Å². The molecule has 0 aromatic heterocycles. The van der Waals surface area contributed by atoms with Crippen molar-refractivity contribution in [3.05, 3.63) is 29.8 Å². The number of hydrogen-bond acceptors (Lipinski definition) is 4. The molecule has 0 aliphatic heterocycles. The molecule has 0 saturated carbocycles. The summed E-state index contributed by atoms with van der Waals surface area (Å²) >= 11 is 0. The predicted molar refractivity (Wildman–Crippen MR) is 80.2 cm³/mol. The van der Waals surface area contributed by atoms with Gasteiger partial charge in [0.05, 0.1) is 10.5 Å². The second-order valence-corrected chi connectivity index (χ2v) is 7.14. The summed E-state index contributed by atoms with van der Waals surface area (Å²) in [7, 11) is -0.128. The lowest BCUT2D eigenvalue weighted by Crippen LogP contribution is -2.39. The number of ether oxygens (including phenoxy) is 1. The van der Waals surface area contributed by atoms with Gasteiger partial charge in [-0.1, -0.05) is 12.1 Å². The number of benzene rings is 1. The molecule has 0 fully saturated rings. The Labute approximate surface area is 121 Å². The summed E-state index contributed by atoms with van der Waals surface area (Å²) in [5.74, 6) is 0. The zero-order chi connectivity index (χ0) is 15.4. The summed E-state index contributed by atoms with van der Waals surface area (Å²) in [5.41, 5.74) is 0.393. The lowest BCUT2D eigenvalue weighted by atomic mass is 10.1. The van der Waals surface area contributed by atoms with E-state index in [-0.39, 0.29) is 17.5 Å². The van der Waals surface area contributed by atoms with E-state index in [2.05, 4.69) is 10.0 Å². The average Bonchev–Trinajstić information content (AvgIpc) is 2.45. The lowest BCUT2D eigenvalue weighted by Gasteiger charge is -2.23. The van der Waals surface area contributed by atoms with Crippen molar-refractivity contribution in [3.63, 3.8) is 0 Å². The fourth-order valence-electron chi connectivity index (χ4n) is 1.54. The first-order chi connectivity index (χ1) is 9.22. The van der Waals surface area contributed by atoms with Crippen molar-refractivity contribution < 1.29 is 13.2 Å². The molecule has 0 aliphatic rings. The standard InChI is InChI=1S/C14H24N2O3S/c1-11(15-4)12-7-6-8-13(9-12)20(17,18)16-10-14(2,3)19-5/h6-9,11,15-16H,10H2,1-5H3. The fourth-order valence-corrected chi connectivity index (χ4v) is 2.80. The van der Waals surface area contributed by atoms with Gasteiger partial charge in [-0.05, 0) is 45.5 Å². The number of nitrogens with one attached hydrogen (secondary N) is 2. The van der Waals surface area contributed by atoms with Crippen LogP contribution in [0.4, 0.5) is 0 Å². The van der Waals surface area contributed by atoms with Crippen molar-refractivity contribution in [1.82, 2.24) is 10.0 Å². The fraction of sp³-hybridized carbons (Fsp3) is 0.571. The molecular formula is C14H24N2O3S. The van der Waals surface area contributed by atoms with Gasteiger partial charge in [0.25, 0.3) is 0 Å². The molecule has 20 heavy (non-hydrogen) atoms. The minimum Gasteiger partial charge on any atom is -0.377 e. The quantitative estimate of drug-likeness (QED) is 0.804. The highest BCUT2D eigenvalue weighted by atomic mass is 32.2. The van der Waals surface area contributed by atoms with E-state index in [4.69, 9.17) is 4.74 Å². The maximum Gasteiger partial charge on any atom is 0.240 e. The van der Waals surface area contributed by atoms with Crippen molar-refractivity contribution >= 4 is 10.0 Å². The molecule has 1 aromatic rings. The highest BCUT2D eigenvalue weighted by molar-refractivity contribution is 7.89. The van der Waals surface area contributed by atoms with Crippen LogP contribution in [0.25, 0.3) is 0 Å². The molecule has 1 rings (SSSR count). The summed E-state index contributed by atoms with van der Waals surface area (Å²) in [5, 5.41) is 3.09. The first-order valence-corrected chi connectivity index (χ1v) is 8.02. The third-order valence-corrected chi connectivity index (χ3v) is 4.74. The van der Waals surface area contributed by atoms with E-state index in [1.165, 1.54) is 0 Å². The highest BCUT2D eigenvalue weighted by Gasteiger charge is 2.22. The third kappa shape index (κ3) is 4.56. The summed E-state index contributed by atoms with van der Waals surface area (Å²) < 4.78 is 32.3. The monoisotopic (exact) mass is 300 g/mol. The van der Waals surface area contributed by atoms with Gasteiger partial charge in [-0.25, -0.2) is 13.1 Å². The first-order valence-electron chi connectivity index (χ1n) is 6.54. The molecule has 2 N–H and O–H groups in total. The van der Waals surface area contributed by atoms with E-state index in [1.807, 2.05) is 33.9 Å². The van der Waals surface area contributed by atoms with Crippen molar-refractivity contribution in [2.24, 2.45) is 0 Å². The van der Waals surface area contributed by atoms with Crippen molar-refractivity contribution in [2.45, 2.75) is 37.3 Å². The Morgan fingerprint density at radius 3 is 2.55 bits per heavy atom. The largest absolute Gasteiger partial charge is 0.377 e. The van der Waals surface area contributed by atoms with Gasteiger partial charge in [-0.15, -0.1) is 0 Å². The second kappa shape index (κ2) is 6.67. The van der Waals surface area contributed by atoms with Gasteiger partial charge in [-0.3, -0.25) is 0 Å². The second-order valence-electron chi connectivity index (χ2n) is 5.37. The van der Waals surface area contributed by atoms with E-state index in [9.17, 15) is 8.42 Å². The lowest BCUT2D eigenvalue weighted by molar-refractivity contribution is 0.0276. The van der Waals surface area contributed by atoms with Gasteiger partial charge < -0.3 is 10.1 Å². The van der Waals surface area contributed by atoms with Gasteiger partial charge in [0.1, 0.15) is 0 Å². The van der Waals surface area contributed by atoms with Gasteiger partial charge >= 0.3 is 0 Å². The molecule has 0 heterocycles. The Morgan fingerprint density at radius 1 is 1.35 bits per heavy atom. The molecule has 0 radical (unpaired) electrons. The number of hydrogen-bond donors (Lipinski definition) is 2. The normalized spacial score (nSPS) is 14.2. The van der Waals surface area contributed by atoms with Crippen LogP contribution in [-0.2, 0) is 14.8 Å². The summed E-state index contributed by atoms with van der Waals surface area (Å²) in [4.78, 5) is 0.268. The Hall–Kier alpha value is -0.950. The number of methoxy groups -OCH3 is 1. The molecule has 1 aromatic carbocycles. The van der Waals surface area contributed by atoms with Crippen LogP contribution < -0.4 is 10.0 Å². The third-order valence-electron chi connectivity index (χ3n) is 3.34. The maximum absolute atomic E-state index is 12.3. The zero-order valence-corrected chi connectivity index (χ0v) is 13.5. The molecule has 6 heteroatoms. The minimum absolute atomic E-state index is 0.0977. The Bertz CT molecular complexity index is 541. The van der Waals surface area contributed by atoms with Gasteiger partial charge in [0, 0.05) is 19.7 Å². The SMILES string of the molecule is CNC(C)c1cccc(S(=O)(=O)NCC(C)(C)OC)c1. The molecule has 0 aliphatic carbocycles. The first kappa shape index (κ1) is 17.1. The molecule has 0 bridgehead atoms. The minimum atomic E-state index is -3.53. The molecule has 1 atom stereocenters. The van der Waals surface area contributed by atoms with Crippen LogP contribution in [0.5, 0.6) is 0 Å². The number of sulfonamides is 1. The topological polar surface area (TPSA) is 67.4 Å². The zero-order valence-electron chi connectivity index (χ0n) is 12.7. The Balaban J connectivity index is 2.93. The molecule has 5 nitrogen and oxygen atoms in total. The van der Waals surface area contributed by atoms with Gasteiger partial charge in [0.2, 0.25) is 10.0 Å². The van der Waals surface area contributed by atoms with E-state index in [1.54, 1.807) is 25.3 Å². The molecule has 0 spiro atoms. The van der Waals surface area contributed by atoms with Crippen LogP contribution in [0, 0.1) is 0 Å². The van der Waals surface area contributed by atoms with Crippen LogP contribution >= 0.6 is 0 Å². The van der Waals surface area contributed by atoms with Gasteiger partial charge in [0.15, 0.2) is 0 Å². The van der Waals surface area contributed by atoms with E-state index < -0.39 is 15.6 Å². The van der Waals surface area contributed by atoms with Crippen LogP contribution in [-0.4, -0.2) is 34.7 Å². The summed E-state index contributed by atoms with van der Waals surface area (Å²) in [6, 6.07) is 7.02. The Kier molecular flexibility index (Phi) is 5.70. The molecular weight excluding hydrogens is 276 g/mol. The summed E-state index contributed by atoms with van der Waals surface area (Å²) in [6.07, 6.45) is 0. The van der Waals surface area contributed by atoms with E-state index in [0.717, 1.165) is 5.56 Å². The highest BCUT2D eigenvalue weighted by Crippen LogP contribution is 2.17. The van der Waals surface area contributed by atoms with E-state index >= 15 is 0 Å². The number of rotatable bonds is 7. The predicted octanol–water partition coefficient (Wildman–Crippen LogP) is 1.67. The molecule has 114 valence electrons. The average molecular weight is 300 g/mol. The smallest absolute Gasteiger partial charge is 0.240 e. The molecule has 1 unspecified atom stereocenters. The van der Waals surface area contributed by atoms with Crippen molar-refractivity contribution in [2.75, 3.05) is 20.7 Å². The molecule has 0 saturated heterocycles. The van der Waals surface area contributed by atoms with Crippen molar-refractivity contribution in [1.29, 1.82) is 0 Å². The Morgan fingerprint density at radius 2 is 2.00 bits per heavy atom. The van der Waals surface area contributed by atoms with Crippen LogP contribution in [0.3, 0.4) is 0 Å². The van der Waals surface area contributed by atoms with Crippen LogP contribution in [0.15, 0.2) is 29.2 Å². The van der Waals surface area contributed by atoms with E-state index in [0.29, 0.717) is 0 Å². The summed E-state index contributed by atoms with van der Waals surface area (Å²) in [6.45, 7) is 5.86. The maximum atomic E-state index is 12.3. The van der Waals surface area contributed by atoms with Crippen LogP contribution in [0.1, 0.15) is 32.4 Å².